The highest BCUT2D eigenvalue weighted by Crippen LogP contribution is 2.29. The monoisotopic (exact) mass is 332 g/mol. The second-order valence-corrected chi connectivity index (χ2v) is 3.24. The van der Waals surface area contributed by atoms with E-state index in [2.05, 4.69) is 0 Å². The van der Waals surface area contributed by atoms with Crippen molar-refractivity contribution in [3.63, 3.8) is 0 Å². The van der Waals surface area contributed by atoms with E-state index in [9.17, 15) is 9.59 Å². The van der Waals surface area contributed by atoms with Crippen LogP contribution in [0.4, 0.5) is 0 Å². The SMILES string of the molecule is Br.Br.O=C(O)C1CCCC(C(=O)O)C1. The first-order chi connectivity index (χ1) is 5.61. The summed E-state index contributed by atoms with van der Waals surface area (Å²) in [7, 11) is 0. The van der Waals surface area contributed by atoms with Gasteiger partial charge in [-0.05, 0) is 19.3 Å². The molecule has 6 heteroatoms. The second-order valence-electron chi connectivity index (χ2n) is 3.24. The summed E-state index contributed by atoms with van der Waals surface area (Å²) in [6.07, 6.45) is 2.26. The number of hydrogen-bond donors (Lipinski definition) is 2. The van der Waals surface area contributed by atoms with Crippen LogP contribution >= 0.6 is 34.0 Å². The van der Waals surface area contributed by atoms with Crippen molar-refractivity contribution in [3.05, 3.63) is 0 Å². The molecule has 1 rings (SSSR count). The maximum Gasteiger partial charge on any atom is 0.306 e. The molecule has 0 aliphatic heterocycles. The first kappa shape index (κ1) is 16.3. The van der Waals surface area contributed by atoms with Gasteiger partial charge < -0.3 is 10.2 Å². The number of carboxylic acids is 2. The Labute approximate surface area is 103 Å². The summed E-state index contributed by atoms with van der Waals surface area (Å²) in [4.78, 5) is 21.1. The molecule has 0 aromatic carbocycles. The van der Waals surface area contributed by atoms with Gasteiger partial charge in [0.15, 0.2) is 0 Å². The van der Waals surface area contributed by atoms with Gasteiger partial charge in [-0.15, -0.1) is 34.0 Å². The van der Waals surface area contributed by atoms with E-state index in [0.717, 1.165) is 0 Å². The van der Waals surface area contributed by atoms with Gasteiger partial charge in [0.2, 0.25) is 0 Å². The van der Waals surface area contributed by atoms with Crippen LogP contribution in [0, 0.1) is 11.8 Å². The van der Waals surface area contributed by atoms with E-state index in [1.807, 2.05) is 0 Å². The zero-order chi connectivity index (χ0) is 9.14. The normalized spacial score (nSPS) is 25.4. The molecular weight excluding hydrogens is 320 g/mol. The third-order valence-electron chi connectivity index (χ3n) is 2.37. The predicted molar refractivity (Wildman–Crippen MR) is 61.4 cm³/mol. The summed E-state index contributed by atoms with van der Waals surface area (Å²) in [5.41, 5.74) is 0. The molecule has 1 aliphatic carbocycles. The van der Waals surface area contributed by atoms with E-state index in [1.54, 1.807) is 0 Å². The summed E-state index contributed by atoms with van der Waals surface area (Å²) in [6, 6.07) is 0. The molecule has 14 heavy (non-hydrogen) atoms. The maximum atomic E-state index is 10.5. The van der Waals surface area contributed by atoms with E-state index in [0.29, 0.717) is 25.7 Å². The van der Waals surface area contributed by atoms with Crippen LogP contribution in [0.5, 0.6) is 0 Å². The van der Waals surface area contributed by atoms with Crippen molar-refractivity contribution in [2.75, 3.05) is 0 Å². The average Bonchev–Trinajstić information content (AvgIpc) is 2.04. The fourth-order valence-electron chi connectivity index (χ4n) is 1.64. The Kier molecular flexibility index (Phi) is 8.43. The second kappa shape index (κ2) is 7.23. The van der Waals surface area contributed by atoms with Crippen LogP contribution in [-0.2, 0) is 9.59 Å². The third kappa shape index (κ3) is 4.41. The molecule has 0 amide bonds. The minimum absolute atomic E-state index is 0. The van der Waals surface area contributed by atoms with Crippen molar-refractivity contribution in [1.82, 2.24) is 0 Å². The molecule has 1 fully saturated rings. The minimum Gasteiger partial charge on any atom is -0.481 e. The number of carboxylic acid groups (broad SMARTS) is 2. The fraction of sp³-hybridized carbons (Fsp3) is 0.750. The number of halogens is 2. The van der Waals surface area contributed by atoms with E-state index >= 15 is 0 Å². The Morgan fingerprint density at radius 3 is 1.57 bits per heavy atom. The number of rotatable bonds is 2. The van der Waals surface area contributed by atoms with Crippen LogP contribution in [0.3, 0.4) is 0 Å². The molecule has 0 saturated heterocycles. The Morgan fingerprint density at radius 2 is 1.29 bits per heavy atom. The quantitative estimate of drug-likeness (QED) is 0.811. The van der Waals surface area contributed by atoms with Gasteiger partial charge in [-0.1, -0.05) is 6.42 Å². The first-order valence-corrected chi connectivity index (χ1v) is 4.07. The lowest BCUT2D eigenvalue weighted by Gasteiger charge is -2.23. The molecule has 84 valence electrons. The lowest BCUT2D eigenvalue weighted by Crippen LogP contribution is -2.26. The van der Waals surface area contributed by atoms with Gasteiger partial charge in [0.05, 0.1) is 11.8 Å². The topological polar surface area (TPSA) is 74.6 Å². The molecule has 0 radical (unpaired) electrons. The van der Waals surface area contributed by atoms with Crippen molar-refractivity contribution in [2.24, 2.45) is 11.8 Å². The lowest BCUT2D eigenvalue weighted by atomic mass is 9.81. The summed E-state index contributed by atoms with van der Waals surface area (Å²) >= 11 is 0. The molecule has 0 spiro atoms. The zero-order valence-electron chi connectivity index (χ0n) is 7.51. The Hall–Kier alpha value is -0.100. The maximum absolute atomic E-state index is 10.5. The van der Waals surface area contributed by atoms with Crippen molar-refractivity contribution >= 4 is 45.9 Å². The van der Waals surface area contributed by atoms with Crippen LogP contribution in [0.15, 0.2) is 0 Å². The molecule has 1 aliphatic rings. The highest BCUT2D eigenvalue weighted by molar-refractivity contribution is 8.93. The first-order valence-electron chi connectivity index (χ1n) is 4.07. The molecule has 1 saturated carbocycles. The van der Waals surface area contributed by atoms with Gasteiger partial charge in [-0.2, -0.15) is 0 Å². The Morgan fingerprint density at radius 1 is 0.929 bits per heavy atom. The molecule has 2 N–H and O–H groups in total. The highest BCUT2D eigenvalue weighted by Gasteiger charge is 2.30. The lowest BCUT2D eigenvalue weighted by molar-refractivity contribution is -0.147. The Balaban J connectivity index is 0. The average molecular weight is 334 g/mol. The van der Waals surface area contributed by atoms with Crippen molar-refractivity contribution in [2.45, 2.75) is 25.7 Å². The largest absolute Gasteiger partial charge is 0.481 e. The van der Waals surface area contributed by atoms with Crippen LogP contribution < -0.4 is 0 Å². The summed E-state index contributed by atoms with van der Waals surface area (Å²) < 4.78 is 0. The molecule has 0 aromatic rings. The van der Waals surface area contributed by atoms with Gasteiger partial charge in [0.25, 0.3) is 0 Å². The summed E-state index contributed by atoms with van der Waals surface area (Å²) in [5, 5.41) is 17.3. The van der Waals surface area contributed by atoms with Crippen molar-refractivity contribution in [3.8, 4) is 0 Å². The zero-order valence-corrected chi connectivity index (χ0v) is 10.9. The van der Waals surface area contributed by atoms with E-state index in [1.165, 1.54) is 0 Å². The van der Waals surface area contributed by atoms with Crippen molar-refractivity contribution in [1.29, 1.82) is 0 Å². The van der Waals surface area contributed by atoms with Crippen LogP contribution in [-0.4, -0.2) is 22.2 Å². The smallest absolute Gasteiger partial charge is 0.306 e. The van der Waals surface area contributed by atoms with Gasteiger partial charge in [-0.25, -0.2) is 0 Å². The van der Waals surface area contributed by atoms with Crippen LogP contribution in [0.2, 0.25) is 0 Å². The minimum atomic E-state index is -0.860. The highest BCUT2D eigenvalue weighted by atomic mass is 79.9. The van der Waals surface area contributed by atoms with Gasteiger partial charge in [-0.3, -0.25) is 9.59 Å². The molecule has 4 nitrogen and oxygen atoms in total. The van der Waals surface area contributed by atoms with Crippen LogP contribution in [0.25, 0.3) is 0 Å². The molecule has 0 aromatic heterocycles. The number of aliphatic carboxylic acids is 2. The number of hydrogen-bond acceptors (Lipinski definition) is 2. The van der Waals surface area contributed by atoms with Gasteiger partial charge in [0.1, 0.15) is 0 Å². The molecule has 0 heterocycles. The van der Waals surface area contributed by atoms with Crippen LogP contribution in [0.1, 0.15) is 25.7 Å². The number of carbonyl (C=O) groups is 2. The van der Waals surface area contributed by atoms with E-state index in [4.69, 9.17) is 10.2 Å². The molecule has 2 atom stereocenters. The molecular formula is C8H14Br2O4. The Bertz CT molecular complexity index is 188. The van der Waals surface area contributed by atoms with E-state index in [-0.39, 0.29) is 34.0 Å². The van der Waals surface area contributed by atoms with E-state index < -0.39 is 23.8 Å². The standard InChI is InChI=1S/C8H12O4.2BrH/c9-7(10)5-2-1-3-6(4-5)8(11)12;;/h5-6H,1-4H2,(H,9,10)(H,11,12);2*1H. The predicted octanol–water partition coefficient (Wildman–Crippen LogP) is 2.12. The van der Waals surface area contributed by atoms with Gasteiger partial charge >= 0.3 is 11.9 Å². The molecule has 0 bridgehead atoms. The van der Waals surface area contributed by atoms with Crippen molar-refractivity contribution < 1.29 is 19.8 Å². The third-order valence-corrected chi connectivity index (χ3v) is 2.37. The molecule has 2 unspecified atom stereocenters. The summed E-state index contributed by atoms with van der Waals surface area (Å²) in [6.45, 7) is 0. The van der Waals surface area contributed by atoms with Gasteiger partial charge in [0, 0.05) is 0 Å². The summed E-state index contributed by atoms with van der Waals surface area (Å²) in [5.74, 6) is -2.61. The fourth-order valence-corrected chi connectivity index (χ4v) is 1.64.